The van der Waals surface area contributed by atoms with Crippen LogP contribution in [-0.4, -0.2) is 58.3 Å². The smallest absolute Gasteiger partial charge is 0.332 e. The number of piperazine rings is 1. The number of benzene rings is 3. The van der Waals surface area contributed by atoms with Gasteiger partial charge >= 0.3 is 6.03 Å². The summed E-state index contributed by atoms with van der Waals surface area (Å²) in [6.45, 7) is 0.805. The summed E-state index contributed by atoms with van der Waals surface area (Å²) in [6, 6.07) is 18.1. The fourth-order valence-electron chi connectivity index (χ4n) is 5.69. The Bertz CT molecular complexity index is 1390. The zero-order chi connectivity index (χ0) is 23.0. The Hall–Kier alpha value is -3.85. The molecule has 3 unspecified atom stereocenters. The SMILES string of the molecule is O=C1C2C3CC(CN3C(=S)Nc3ccc4c(c3)OCO4)N2C(=O)N1c1cccc2ccccc12. The molecule has 7 rings (SSSR count). The lowest BCUT2D eigenvalue weighted by Crippen LogP contribution is -2.55. The number of carbonyl (C=O) groups excluding carboxylic acids is 2. The predicted molar refractivity (Wildman–Crippen MR) is 130 cm³/mol. The molecule has 3 saturated heterocycles. The largest absolute Gasteiger partial charge is 0.454 e. The van der Waals surface area contributed by atoms with E-state index >= 15 is 0 Å². The van der Waals surface area contributed by atoms with Crippen LogP contribution in [0.25, 0.3) is 10.8 Å². The molecule has 4 heterocycles. The van der Waals surface area contributed by atoms with E-state index in [9.17, 15) is 9.59 Å². The minimum absolute atomic E-state index is 0.0528. The number of nitrogens with zero attached hydrogens (tertiary/aromatic N) is 3. The first-order chi connectivity index (χ1) is 16.6. The molecule has 0 aliphatic carbocycles. The molecule has 0 saturated carbocycles. The Kier molecular flexibility index (Phi) is 4.08. The third kappa shape index (κ3) is 2.67. The van der Waals surface area contributed by atoms with Crippen LogP contribution in [0, 0.1) is 0 Å². The van der Waals surface area contributed by atoms with Crippen molar-refractivity contribution < 1.29 is 19.1 Å². The number of nitrogens with one attached hydrogen (secondary N) is 1. The van der Waals surface area contributed by atoms with E-state index in [2.05, 4.69) is 5.32 Å². The van der Waals surface area contributed by atoms with Crippen LogP contribution in [0.4, 0.5) is 16.2 Å². The summed E-state index contributed by atoms with van der Waals surface area (Å²) in [5, 5.41) is 5.68. The molecule has 3 aromatic rings. The molecule has 3 atom stereocenters. The molecular weight excluding hydrogens is 452 g/mol. The average molecular weight is 473 g/mol. The van der Waals surface area contributed by atoms with Gasteiger partial charge in [0.05, 0.1) is 17.8 Å². The third-order valence-electron chi connectivity index (χ3n) is 7.16. The number of anilines is 2. The number of hydrogen-bond donors (Lipinski definition) is 1. The van der Waals surface area contributed by atoms with Gasteiger partial charge in [-0.05, 0) is 42.2 Å². The van der Waals surface area contributed by atoms with Gasteiger partial charge in [-0.15, -0.1) is 0 Å². The lowest BCUT2D eigenvalue weighted by atomic mass is 10.1. The lowest BCUT2D eigenvalue weighted by molar-refractivity contribution is -0.120. The van der Waals surface area contributed by atoms with E-state index in [1.54, 1.807) is 4.90 Å². The average Bonchev–Trinajstić information content (AvgIpc) is 3.62. The van der Waals surface area contributed by atoms with Crippen molar-refractivity contribution in [1.82, 2.24) is 9.80 Å². The summed E-state index contributed by atoms with van der Waals surface area (Å²) in [7, 11) is 0. The number of likely N-dealkylation sites (tertiary alicyclic amines) is 1. The summed E-state index contributed by atoms with van der Waals surface area (Å²) >= 11 is 5.72. The number of ether oxygens (including phenoxy) is 2. The van der Waals surface area contributed by atoms with Gasteiger partial charge in [0.1, 0.15) is 6.04 Å². The maximum atomic E-state index is 13.6. The topological polar surface area (TPSA) is 74.4 Å². The Labute approximate surface area is 200 Å². The van der Waals surface area contributed by atoms with Crippen molar-refractivity contribution in [3.05, 3.63) is 60.7 Å². The number of fused-ring (bicyclic) bond motifs is 7. The van der Waals surface area contributed by atoms with E-state index in [0.717, 1.165) is 22.9 Å². The summed E-state index contributed by atoms with van der Waals surface area (Å²) in [4.78, 5) is 32.2. The number of carbonyl (C=O) groups is 2. The van der Waals surface area contributed by atoms with E-state index in [-0.39, 0.29) is 30.8 Å². The van der Waals surface area contributed by atoms with Crippen molar-refractivity contribution in [2.45, 2.75) is 24.5 Å². The molecule has 8 nitrogen and oxygen atoms in total. The number of rotatable bonds is 2. The summed E-state index contributed by atoms with van der Waals surface area (Å²) in [6.07, 6.45) is 0.731. The van der Waals surface area contributed by atoms with E-state index in [1.165, 1.54) is 4.90 Å². The van der Waals surface area contributed by atoms with Gasteiger partial charge in [-0.3, -0.25) is 4.79 Å². The van der Waals surface area contributed by atoms with Crippen molar-refractivity contribution >= 4 is 51.4 Å². The standard InChI is InChI=1S/C25H20N4O4S/c30-23-22-19-11-16(12-27(19)24(34)26-15-8-9-20-21(10-15)33-13-32-20)28(22)25(31)29(23)18-7-3-5-14-4-1-2-6-17(14)18/h1-10,16,19,22H,11-13H2,(H,26,34). The molecule has 3 amide bonds. The first kappa shape index (κ1) is 19.6. The zero-order valence-electron chi connectivity index (χ0n) is 18.0. The molecular formula is C25H20N4O4S. The van der Waals surface area contributed by atoms with Gasteiger partial charge in [-0.2, -0.15) is 0 Å². The van der Waals surface area contributed by atoms with Gasteiger partial charge in [-0.25, -0.2) is 9.69 Å². The van der Waals surface area contributed by atoms with Crippen LogP contribution in [-0.2, 0) is 4.79 Å². The summed E-state index contributed by atoms with van der Waals surface area (Å²) in [5.74, 6) is 1.18. The molecule has 170 valence electrons. The van der Waals surface area contributed by atoms with E-state index < -0.39 is 6.04 Å². The molecule has 0 aromatic heterocycles. The van der Waals surface area contributed by atoms with E-state index in [0.29, 0.717) is 28.8 Å². The maximum absolute atomic E-state index is 13.6. The number of urea groups is 1. The van der Waals surface area contributed by atoms with Gasteiger partial charge in [0.2, 0.25) is 6.79 Å². The molecule has 34 heavy (non-hydrogen) atoms. The molecule has 1 N–H and O–H groups in total. The number of hydrogen-bond acceptors (Lipinski definition) is 5. The fraction of sp³-hybridized carbons (Fsp3) is 0.240. The highest BCUT2D eigenvalue weighted by Gasteiger charge is 2.62. The number of thiocarbonyl (C=S) groups is 1. The van der Waals surface area contributed by atoms with Gasteiger partial charge in [0.25, 0.3) is 5.91 Å². The van der Waals surface area contributed by atoms with Crippen molar-refractivity contribution in [2.24, 2.45) is 0 Å². The van der Waals surface area contributed by atoms with E-state index in [1.807, 2.05) is 65.6 Å². The predicted octanol–water partition coefficient (Wildman–Crippen LogP) is 3.56. The second kappa shape index (κ2) is 7.07. The number of amides is 3. The Morgan fingerprint density at radius 2 is 1.82 bits per heavy atom. The molecule has 4 aliphatic heterocycles. The third-order valence-corrected chi connectivity index (χ3v) is 7.49. The van der Waals surface area contributed by atoms with Crippen LogP contribution in [0.15, 0.2) is 60.7 Å². The highest BCUT2D eigenvalue weighted by molar-refractivity contribution is 7.80. The Morgan fingerprint density at radius 1 is 1.00 bits per heavy atom. The van der Waals surface area contributed by atoms with Crippen molar-refractivity contribution in [2.75, 3.05) is 23.6 Å². The van der Waals surface area contributed by atoms with Gasteiger partial charge in [-0.1, -0.05) is 36.4 Å². The van der Waals surface area contributed by atoms with Gasteiger partial charge in [0, 0.05) is 23.7 Å². The lowest BCUT2D eigenvalue weighted by Gasteiger charge is -2.36. The van der Waals surface area contributed by atoms with Crippen LogP contribution in [0.5, 0.6) is 11.5 Å². The van der Waals surface area contributed by atoms with Crippen LogP contribution < -0.4 is 19.7 Å². The highest BCUT2D eigenvalue weighted by Crippen LogP contribution is 2.44. The minimum atomic E-state index is -0.540. The molecule has 0 radical (unpaired) electrons. The second-order valence-corrected chi connectivity index (χ2v) is 9.30. The monoisotopic (exact) mass is 472 g/mol. The van der Waals surface area contributed by atoms with Crippen molar-refractivity contribution in [3.63, 3.8) is 0 Å². The van der Waals surface area contributed by atoms with Crippen molar-refractivity contribution in [3.8, 4) is 11.5 Å². The molecule has 3 fully saturated rings. The molecule has 0 spiro atoms. The van der Waals surface area contributed by atoms with E-state index in [4.69, 9.17) is 21.7 Å². The first-order valence-corrected chi connectivity index (χ1v) is 11.6. The molecule has 2 bridgehead atoms. The second-order valence-electron chi connectivity index (χ2n) is 8.91. The summed E-state index contributed by atoms with van der Waals surface area (Å²) in [5.41, 5.74) is 1.43. The number of imide groups is 1. The Balaban J connectivity index is 1.16. The van der Waals surface area contributed by atoms with Crippen LogP contribution in [0.1, 0.15) is 6.42 Å². The first-order valence-electron chi connectivity index (χ1n) is 11.2. The van der Waals surface area contributed by atoms with Crippen LogP contribution in [0.3, 0.4) is 0 Å². The normalized spacial score (nSPS) is 24.4. The Morgan fingerprint density at radius 3 is 2.74 bits per heavy atom. The van der Waals surface area contributed by atoms with Crippen molar-refractivity contribution in [1.29, 1.82) is 0 Å². The highest BCUT2D eigenvalue weighted by atomic mass is 32.1. The molecule has 4 aliphatic rings. The zero-order valence-corrected chi connectivity index (χ0v) is 18.8. The minimum Gasteiger partial charge on any atom is -0.454 e. The molecule has 3 aromatic carbocycles. The quantitative estimate of drug-likeness (QED) is 0.452. The van der Waals surface area contributed by atoms with Gasteiger partial charge in [0.15, 0.2) is 16.6 Å². The van der Waals surface area contributed by atoms with Crippen LogP contribution in [0.2, 0.25) is 0 Å². The maximum Gasteiger partial charge on any atom is 0.332 e. The van der Waals surface area contributed by atoms with Crippen LogP contribution >= 0.6 is 12.2 Å². The molecule has 9 heteroatoms. The fourth-order valence-corrected chi connectivity index (χ4v) is 6.01. The summed E-state index contributed by atoms with van der Waals surface area (Å²) < 4.78 is 10.8. The van der Waals surface area contributed by atoms with Gasteiger partial charge < -0.3 is 24.6 Å².